The molecule has 2 heterocycles. The summed E-state index contributed by atoms with van der Waals surface area (Å²) in [6.45, 7) is 2.70. The number of hydrogen-bond donors (Lipinski definition) is 0. The van der Waals surface area contributed by atoms with Gasteiger partial charge in [0.2, 0.25) is 0 Å². The Labute approximate surface area is 213 Å². The van der Waals surface area contributed by atoms with E-state index < -0.39 is 0 Å². The van der Waals surface area contributed by atoms with E-state index in [0.717, 1.165) is 29.4 Å². The van der Waals surface area contributed by atoms with Crippen LogP contribution in [-0.2, 0) is 4.79 Å². The molecule has 3 aromatic carbocycles. The maximum absolute atomic E-state index is 14.1. The normalized spacial score (nSPS) is 16.8. The van der Waals surface area contributed by atoms with Crippen LogP contribution in [0.3, 0.4) is 0 Å². The van der Waals surface area contributed by atoms with Crippen molar-refractivity contribution in [2.45, 2.75) is 4.90 Å². The first kappa shape index (κ1) is 23.9. The number of fused-ring (bicyclic) bond motifs is 1. The highest BCUT2D eigenvalue weighted by Gasteiger charge is 2.29. The molecule has 0 unspecified atom stereocenters. The van der Waals surface area contributed by atoms with Gasteiger partial charge < -0.3 is 19.4 Å². The van der Waals surface area contributed by atoms with Crippen molar-refractivity contribution in [2.24, 2.45) is 0 Å². The van der Waals surface area contributed by atoms with Crippen LogP contribution in [0.15, 0.2) is 76.5 Å². The van der Waals surface area contributed by atoms with Crippen LogP contribution in [0, 0.1) is 5.82 Å². The number of carbonyl (C=O) groups is 2. The third-order valence-corrected chi connectivity index (χ3v) is 7.58. The van der Waals surface area contributed by atoms with Gasteiger partial charge >= 0.3 is 0 Å². The number of amides is 2. The molecule has 0 aliphatic carbocycles. The first-order chi connectivity index (χ1) is 17.4. The summed E-state index contributed by atoms with van der Waals surface area (Å²) < 4.78 is 19.3. The maximum atomic E-state index is 14.1. The predicted octanol–water partition coefficient (Wildman–Crippen LogP) is 4.91. The third kappa shape index (κ3) is 4.68. The van der Waals surface area contributed by atoms with Crippen LogP contribution in [0.1, 0.15) is 15.9 Å². The Balaban J connectivity index is 1.29. The number of halogens is 1. The molecule has 3 aromatic rings. The highest BCUT2D eigenvalue weighted by Crippen LogP contribution is 2.42. The number of thioether (sulfide) groups is 1. The minimum Gasteiger partial charge on any atom is -0.497 e. The number of methoxy groups -OCH3 is 1. The molecule has 1 saturated heterocycles. The van der Waals surface area contributed by atoms with Gasteiger partial charge in [-0.15, -0.1) is 0 Å². The fraction of sp³-hybridized carbons (Fsp3) is 0.214. The highest BCUT2D eigenvalue weighted by atomic mass is 32.2. The van der Waals surface area contributed by atoms with Crippen molar-refractivity contribution in [1.82, 2.24) is 4.90 Å². The van der Waals surface area contributed by atoms with Crippen molar-refractivity contribution in [3.8, 4) is 5.75 Å². The Morgan fingerprint density at radius 3 is 2.42 bits per heavy atom. The molecule has 1 fully saturated rings. The molecule has 6 nitrogen and oxygen atoms in total. The summed E-state index contributed by atoms with van der Waals surface area (Å²) in [4.78, 5) is 33.2. The summed E-state index contributed by atoms with van der Waals surface area (Å²) in [6, 6.07) is 19.7. The summed E-state index contributed by atoms with van der Waals surface area (Å²) in [7, 11) is 3.33. The minimum absolute atomic E-state index is 0.0503. The van der Waals surface area contributed by atoms with E-state index in [0.29, 0.717) is 34.8 Å². The lowest BCUT2D eigenvalue weighted by molar-refractivity contribution is -0.114. The van der Waals surface area contributed by atoms with Crippen molar-refractivity contribution in [3.05, 3.63) is 88.6 Å². The molecular formula is C28H26FN3O3S. The molecule has 0 N–H and O–H groups in total. The van der Waals surface area contributed by atoms with Crippen molar-refractivity contribution < 1.29 is 18.7 Å². The number of carbonyl (C=O) groups excluding carboxylic acids is 2. The van der Waals surface area contributed by atoms with Gasteiger partial charge in [0.05, 0.1) is 17.7 Å². The number of likely N-dealkylation sites (N-methyl/N-ethyl adjacent to an activating group) is 1. The van der Waals surface area contributed by atoms with E-state index >= 15 is 0 Å². The van der Waals surface area contributed by atoms with E-state index in [9.17, 15) is 14.0 Å². The van der Waals surface area contributed by atoms with Crippen LogP contribution in [-0.4, -0.2) is 57.1 Å². The zero-order chi connectivity index (χ0) is 25.2. The molecule has 0 spiro atoms. The van der Waals surface area contributed by atoms with Gasteiger partial charge in [-0.3, -0.25) is 9.59 Å². The summed E-state index contributed by atoms with van der Waals surface area (Å²) in [5.74, 6) is 0.162. The lowest BCUT2D eigenvalue weighted by atomic mass is 10.1. The van der Waals surface area contributed by atoms with E-state index in [4.69, 9.17) is 4.74 Å². The summed E-state index contributed by atoms with van der Waals surface area (Å²) in [5, 5.41) is 0. The number of piperazine rings is 1. The molecule has 0 bridgehead atoms. The van der Waals surface area contributed by atoms with E-state index in [1.54, 1.807) is 50.6 Å². The molecule has 2 aliphatic heterocycles. The number of anilines is 2. The number of nitrogens with zero attached hydrogens (tertiary/aromatic N) is 3. The second kappa shape index (κ2) is 10.1. The van der Waals surface area contributed by atoms with Crippen LogP contribution in [0.5, 0.6) is 5.75 Å². The first-order valence-electron chi connectivity index (χ1n) is 11.7. The van der Waals surface area contributed by atoms with Crippen molar-refractivity contribution in [2.75, 3.05) is 50.1 Å². The van der Waals surface area contributed by atoms with Crippen molar-refractivity contribution in [3.63, 3.8) is 0 Å². The van der Waals surface area contributed by atoms with E-state index in [1.165, 1.54) is 22.7 Å². The third-order valence-electron chi connectivity index (χ3n) is 6.50. The molecule has 0 atom stereocenters. The largest absolute Gasteiger partial charge is 0.497 e. The zero-order valence-electron chi connectivity index (χ0n) is 20.1. The van der Waals surface area contributed by atoms with Crippen LogP contribution in [0.25, 0.3) is 6.08 Å². The Morgan fingerprint density at radius 1 is 1.00 bits per heavy atom. The van der Waals surface area contributed by atoms with Gasteiger partial charge in [-0.05, 0) is 54.6 Å². The van der Waals surface area contributed by atoms with E-state index in [1.807, 2.05) is 35.2 Å². The Hall–Kier alpha value is -3.78. The average Bonchev–Trinajstić information content (AvgIpc) is 2.92. The number of rotatable bonds is 4. The molecule has 2 amide bonds. The van der Waals surface area contributed by atoms with Gasteiger partial charge in [0.15, 0.2) is 0 Å². The predicted molar refractivity (Wildman–Crippen MR) is 141 cm³/mol. The topological polar surface area (TPSA) is 53.1 Å². The van der Waals surface area contributed by atoms with Gasteiger partial charge in [0, 0.05) is 54.9 Å². The number of ether oxygens (including phenoxy) is 1. The van der Waals surface area contributed by atoms with Gasteiger partial charge in [0.1, 0.15) is 11.6 Å². The van der Waals surface area contributed by atoms with Crippen LogP contribution >= 0.6 is 11.8 Å². The monoisotopic (exact) mass is 503 g/mol. The smallest absolute Gasteiger partial charge is 0.264 e. The van der Waals surface area contributed by atoms with E-state index in [2.05, 4.69) is 4.90 Å². The Kier molecular flexibility index (Phi) is 6.69. The summed E-state index contributed by atoms with van der Waals surface area (Å²) in [5.41, 5.74) is 2.70. The molecule has 8 heteroatoms. The second-order valence-corrected chi connectivity index (χ2v) is 9.74. The molecular weight excluding hydrogens is 477 g/mol. The Bertz CT molecular complexity index is 1330. The molecule has 0 aromatic heterocycles. The zero-order valence-corrected chi connectivity index (χ0v) is 20.9. The average molecular weight is 504 g/mol. The second-order valence-electron chi connectivity index (χ2n) is 8.66. The maximum Gasteiger partial charge on any atom is 0.264 e. The molecule has 36 heavy (non-hydrogen) atoms. The van der Waals surface area contributed by atoms with Crippen molar-refractivity contribution in [1.29, 1.82) is 0 Å². The molecule has 0 saturated carbocycles. The molecule has 5 rings (SSSR count). The SMILES string of the molecule is COc1ccc(N2CCN(C(=O)c3ccc4c(c3)N(C)C(=O)C(=Cc3ccccc3F)S4)CC2)cc1. The Morgan fingerprint density at radius 2 is 1.72 bits per heavy atom. The van der Waals surface area contributed by atoms with Gasteiger partial charge in [-0.25, -0.2) is 4.39 Å². The molecule has 0 radical (unpaired) electrons. The van der Waals surface area contributed by atoms with Crippen LogP contribution < -0.4 is 14.5 Å². The quantitative estimate of drug-likeness (QED) is 0.474. The standard InChI is InChI=1S/C28H26FN3O3S/c1-30-24-17-20(7-12-25(24)36-26(28(30)34)18-19-5-3-4-6-23(19)29)27(33)32-15-13-31(14-16-32)21-8-10-22(35-2)11-9-21/h3-12,17-18H,13-16H2,1-2H3. The van der Waals surface area contributed by atoms with Gasteiger partial charge in [0.25, 0.3) is 11.8 Å². The number of benzene rings is 3. The minimum atomic E-state index is -0.375. The van der Waals surface area contributed by atoms with Crippen molar-refractivity contribution >= 4 is 41.0 Å². The highest BCUT2D eigenvalue weighted by molar-refractivity contribution is 8.04. The van der Waals surface area contributed by atoms with Gasteiger partial charge in [-0.2, -0.15) is 0 Å². The number of hydrogen-bond acceptors (Lipinski definition) is 5. The molecule has 184 valence electrons. The fourth-order valence-corrected chi connectivity index (χ4v) is 5.49. The van der Waals surface area contributed by atoms with Gasteiger partial charge in [-0.1, -0.05) is 30.0 Å². The van der Waals surface area contributed by atoms with E-state index in [-0.39, 0.29) is 17.6 Å². The van der Waals surface area contributed by atoms with Crippen LogP contribution in [0.4, 0.5) is 15.8 Å². The first-order valence-corrected chi connectivity index (χ1v) is 12.5. The summed E-state index contributed by atoms with van der Waals surface area (Å²) >= 11 is 1.29. The van der Waals surface area contributed by atoms with Crippen LogP contribution in [0.2, 0.25) is 0 Å². The summed E-state index contributed by atoms with van der Waals surface area (Å²) in [6.07, 6.45) is 1.57. The lowest BCUT2D eigenvalue weighted by Gasteiger charge is -2.36. The fourth-order valence-electron chi connectivity index (χ4n) is 4.40. The lowest BCUT2D eigenvalue weighted by Crippen LogP contribution is -2.48. The molecule has 2 aliphatic rings.